The lowest BCUT2D eigenvalue weighted by Gasteiger charge is -2.05. The highest BCUT2D eigenvalue weighted by Crippen LogP contribution is 2.29. The van der Waals surface area contributed by atoms with Crippen LogP contribution in [0.25, 0.3) is 17.0 Å². The van der Waals surface area contributed by atoms with E-state index in [2.05, 4.69) is 16.0 Å². The van der Waals surface area contributed by atoms with Gasteiger partial charge in [-0.05, 0) is 24.3 Å². The van der Waals surface area contributed by atoms with Gasteiger partial charge in [0.1, 0.15) is 5.75 Å². The standard InChI is InChI=1S/C14H10N4O/c1-19-13-7-10(8-15)3-4-11(13)12-9-18-6-2-5-16-14(18)17-12/h2-7,9H,1H3. The van der Waals surface area contributed by atoms with Crippen LogP contribution in [0.15, 0.2) is 42.9 Å². The van der Waals surface area contributed by atoms with E-state index in [1.54, 1.807) is 25.4 Å². The van der Waals surface area contributed by atoms with Gasteiger partial charge in [-0.15, -0.1) is 0 Å². The van der Waals surface area contributed by atoms with Crippen molar-refractivity contribution >= 4 is 5.78 Å². The van der Waals surface area contributed by atoms with Crippen LogP contribution in [0, 0.1) is 11.3 Å². The first-order valence-corrected chi connectivity index (χ1v) is 5.70. The zero-order valence-corrected chi connectivity index (χ0v) is 10.2. The molecule has 0 bridgehead atoms. The summed E-state index contributed by atoms with van der Waals surface area (Å²) in [5.74, 6) is 1.26. The van der Waals surface area contributed by atoms with E-state index in [0.29, 0.717) is 17.1 Å². The smallest absolute Gasteiger partial charge is 0.234 e. The second-order valence-electron chi connectivity index (χ2n) is 3.98. The molecular formula is C14H10N4O. The Bertz CT molecular complexity index is 752. The van der Waals surface area contributed by atoms with E-state index in [1.807, 2.05) is 28.9 Å². The van der Waals surface area contributed by atoms with E-state index in [-0.39, 0.29) is 0 Å². The first-order valence-electron chi connectivity index (χ1n) is 5.70. The minimum absolute atomic E-state index is 0.558. The molecule has 92 valence electrons. The summed E-state index contributed by atoms with van der Waals surface area (Å²) in [6, 6.07) is 9.21. The quantitative estimate of drug-likeness (QED) is 0.700. The Balaban J connectivity index is 2.18. The van der Waals surface area contributed by atoms with Gasteiger partial charge in [0.05, 0.1) is 24.4 Å². The molecule has 0 fully saturated rings. The van der Waals surface area contributed by atoms with E-state index in [1.165, 1.54) is 0 Å². The van der Waals surface area contributed by atoms with E-state index in [0.717, 1.165) is 11.3 Å². The Hall–Kier alpha value is -2.87. The van der Waals surface area contributed by atoms with Gasteiger partial charge in [0.15, 0.2) is 0 Å². The van der Waals surface area contributed by atoms with Gasteiger partial charge in [-0.2, -0.15) is 5.26 Å². The number of imidazole rings is 1. The van der Waals surface area contributed by atoms with Crippen LogP contribution in [-0.2, 0) is 0 Å². The Morgan fingerprint density at radius 3 is 3.00 bits per heavy atom. The minimum atomic E-state index is 0.558. The molecule has 5 heteroatoms. The largest absolute Gasteiger partial charge is 0.496 e. The van der Waals surface area contributed by atoms with Crippen LogP contribution < -0.4 is 4.74 Å². The van der Waals surface area contributed by atoms with Crippen molar-refractivity contribution in [3.8, 4) is 23.1 Å². The molecule has 5 nitrogen and oxygen atoms in total. The van der Waals surface area contributed by atoms with Gasteiger partial charge in [0.25, 0.3) is 0 Å². The molecule has 0 saturated carbocycles. The summed E-state index contributed by atoms with van der Waals surface area (Å²) in [5, 5.41) is 8.90. The maximum absolute atomic E-state index is 8.90. The summed E-state index contributed by atoms with van der Waals surface area (Å²) in [7, 11) is 1.58. The van der Waals surface area contributed by atoms with Crippen LogP contribution in [0.2, 0.25) is 0 Å². The number of fused-ring (bicyclic) bond motifs is 1. The molecule has 0 aliphatic carbocycles. The molecule has 19 heavy (non-hydrogen) atoms. The topological polar surface area (TPSA) is 63.2 Å². The number of ether oxygens (including phenoxy) is 1. The summed E-state index contributed by atoms with van der Waals surface area (Å²) in [6.07, 6.45) is 5.46. The summed E-state index contributed by atoms with van der Waals surface area (Å²) in [4.78, 5) is 8.61. The zero-order valence-electron chi connectivity index (χ0n) is 10.2. The highest BCUT2D eigenvalue weighted by molar-refractivity contribution is 5.69. The lowest BCUT2D eigenvalue weighted by Crippen LogP contribution is -1.89. The maximum atomic E-state index is 8.90. The van der Waals surface area contributed by atoms with Crippen molar-refractivity contribution < 1.29 is 4.74 Å². The van der Waals surface area contributed by atoms with E-state index >= 15 is 0 Å². The van der Waals surface area contributed by atoms with Gasteiger partial charge in [-0.3, -0.25) is 4.40 Å². The molecular weight excluding hydrogens is 240 g/mol. The summed E-state index contributed by atoms with van der Waals surface area (Å²) >= 11 is 0. The Kier molecular flexibility index (Phi) is 2.62. The molecule has 0 unspecified atom stereocenters. The molecule has 0 saturated heterocycles. The summed E-state index contributed by atoms with van der Waals surface area (Å²) in [5.41, 5.74) is 2.16. The van der Waals surface area contributed by atoms with Crippen molar-refractivity contribution in [2.24, 2.45) is 0 Å². The molecule has 2 heterocycles. The fourth-order valence-electron chi connectivity index (χ4n) is 1.93. The normalized spacial score (nSPS) is 10.3. The molecule has 0 radical (unpaired) electrons. The number of nitriles is 1. The molecule has 1 aromatic carbocycles. The van der Waals surface area contributed by atoms with Gasteiger partial charge in [-0.25, -0.2) is 9.97 Å². The average molecular weight is 250 g/mol. The lowest BCUT2D eigenvalue weighted by molar-refractivity contribution is 0.416. The molecule has 0 amide bonds. The SMILES string of the molecule is COc1cc(C#N)ccc1-c1cn2cccnc2n1. The summed E-state index contributed by atoms with van der Waals surface area (Å²) in [6.45, 7) is 0. The maximum Gasteiger partial charge on any atom is 0.234 e. The number of aromatic nitrogens is 3. The molecule has 0 spiro atoms. The lowest BCUT2D eigenvalue weighted by atomic mass is 10.1. The molecule has 0 aliphatic heterocycles. The van der Waals surface area contributed by atoms with Crippen molar-refractivity contribution in [3.63, 3.8) is 0 Å². The Labute approximate surface area is 109 Å². The molecule has 0 atom stereocenters. The van der Waals surface area contributed by atoms with Gasteiger partial charge >= 0.3 is 0 Å². The predicted molar refractivity (Wildman–Crippen MR) is 69.7 cm³/mol. The van der Waals surface area contributed by atoms with Crippen LogP contribution in [0.4, 0.5) is 0 Å². The number of hydrogen-bond acceptors (Lipinski definition) is 4. The third-order valence-electron chi connectivity index (χ3n) is 2.84. The molecule has 3 rings (SSSR count). The number of methoxy groups -OCH3 is 1. The third kappa shape index (κ3) is 1.89. The van der Waals surface area contributed by atoms with Crippen molar-refractivity contribution in [1.82, 2.24) is 14.4 Å². The number of rotatable bonds is 2. The second-order valence-corrected chi connectivity index (χ2v) is 3.98. The van der Waals surface area contributed by atoms with Crippen molar-refractivity contribution in [1.29, 1.82) is 5.26 Å². The zero-order chi connectivity index (χ0) is 13.2. The molecule has 0 aliphatic rings. The van der Waals surface area contributed by atoms with Crippen molar-refractivity contribution in [3.05, 3.63) is 48.4 Å². The van der Waals surface area contributed by atoms with Crippen LogP contribution in [0.1, 0.15) is 5.56 Å². The highest BCUT2D eigenvalue weighted by Gasteiger charge is 2.11. The summed E-state index contributed by atoms with van der Waals surface area (Å²) < 4.78 is 7.16. The van der Waals surface area contributed by atoms with Crippen LogP contribution in [0.3, 0.4) is 0 Å². The molecule has 2 aromatic heterocycles. The van der Waals surface area contributed by atoms with Crippen LogP contribution in [-0.4, -0.2) is 21.5 Å². The first-order chi connectivity index (χ1) is 9.31. The second kappa shape index (κ2) is 4.42. The van der Waals surface area contributed by atoms with Crippen molar-refractivity contribution in [2.45, 2.75) is 0 Å². The third-order valence-corrected chi connectivity index (χ3v) is 2.84. The van der Waals surface area contributed by atoms with Gasteiger partial charge in [0.2, 0.25) is 5.78 Å². The van der Waals surface area contributed by atoms with Gasteiger partial charge in [-0.1, -0.05) is 0 Å². The molecule has 3 aromatic rings. The molecule has 0 N–H and O–H groups in total. The number of hydrogen-bond donors (Lipinski definition) is 0. The minimum Gasteiger partial charge on any atom is -0.496 e. The van der Waals surface area contributed by atoms with Gasteiger partial charge in [0, 0.05) is 24.2 Å². The fourth-order valence-corrected chi connectivity index (χ4v) is 1.93. The number of nitrogens with zero attached hydrogens (tertiary/aromatic N) is 4. The van der Waals surface area contributed by atoms with Crippen molar-refractivity contribution in [2.75, 3.05) is 7.11 Å². The Morgan fingerprint density at radius 1 is 1.37 bits per heavy atom. The average Bonchev–Trinajstić information content (AvgIpc) is 2.90. The van der Waals surface area contributed by atoms with E-state index in [9.17, 15) is 0 Å². The monoisotopic (exact) mass is 250 g/mol. The van der Waals surface area contributed by atoms with Gasteiger partial charge < -0.3 is 4.74 Å². The predicted octanol–water partition coefficient (Wildman–Crippen LogP) is 2.28. The van der Waals surface area contributed by atoms with E-state index in [4.69, 9.17) is 10.00 Å². The first kappa shape index (κ1) is 11.2. The number of benzene rings is 1. The van der Waals surface area contributed by atoms with Crippen LogP contribution >= 0.6 is 0 Å². The van der Waals surface area contributed by atoms with E-state index < -0.39 is 0 Å². The van der Waals surface area contributed by atoms with Crippen LogP contribution in [0.5, 0.6) is 5.75 Å². The highest BCUT2D eigenvalue weighted by atomic mass is 16.5. The Morgan fingerprint density at radius 2 is 2.26 bits per heavy atom. The fraction of sp³-hybridized carbons (Fsp3) is 0.0714.